The molecule has 126 valence electrons. The number of carbonyl (C=O) groups is 1. The van der Waals surface area contributed by atoms with E-state index in [0.717, 1.165) is 27.7 Å². The van der Waals surface area contributed by atoms with Crippen LogP contribution in [0.15, 0.2) is 29.9 Å². The molecule has 0 unspecified atom stereocenters. The first-order valence-electron chi connectivity index (χ1n) is 8.29. The van der Waals surface area contributed by atoms with Crippen molar-refractivity contribution < 1.29 is 4.79 Å². The van der Waals surface area contributed by atoms with Crippen molar-refractivity contribution in [3.05, 3.63) is 52.9 Å². The fourth-order valence-corrected chi connectivity index (χ4v) is 3.66. The Kier molecular flexibility index (Phi) is 4.90. The minimum Gasteiger partial charge on any atom is -0.302 e. The van der Waals surface area contributed by atoms with Crippen molar-refractivity contribution in [2.45, 2.75) is 51.2 Å². The minimum absolute atomic E-state index is 0.140. The van der Waals surface area contributed by atoms with Gasteiger partial charge in [-0.2, -0.15) is 0 Å². The first-order chi connectivity index (χ1) is 11.5. The summed E-state index contributed by atoms with van der Waals surface area (Å²) in [6, 6.07) is 4.08. The highest BCUT2D eigenvalue weighted by atomic mass is 32.2. The van der Waals surface area contributed by atoms with E-state index in [2.05, 4.69) is 34.3 Å². The zero-order valence-electron chi connectivity index (χ0n) is 14.5. The number of nitrogens with zero attached hydrogens (tertiary/aromatic N) is 3. The SMILES string of the molecule is C=CCn1c(SCC(=O)c2cc(C)c(C)cc2C)nnc1C1CC1. The van der Waals surface area contributed by atoms with Gasteiger partial charge in [0, 0.05) is 18.0 Å². The predicted octanol–water partition coefficient (Wildman–Crippen LogP) is 4.24. The summed E-state index contributed by atoms with van der Waals surface area (Å²) in [6.07, 6.45) is 4.22. The van der Waals surface area contributed by atoms with E-state index >= 15 is 0 Å². The molecule has 1 fully saturated rings. The van der Waals surface area contributed by atoms with Crippen LogP contribution in [0.4, 0.5) is 0 Å². The lowest BCUT2D eigenvalue weighted by molar-refractivity contribution is 0.102. The van der Waals surface area contributed by atoms with Crippen molar-refractivity contribution in [1.82, 2.24) is 14.8 Å². The van der Waals surface area contributed by atoms with Crippen LogP contribution in [0, 0.1) is 20.8 Å². The largest absolute Gasteiger partial charge is 0.302 e. The van der Waals surface area contributed by atoms with Crippen molar-refractivity contribution >= 4 is 17.5 Å². The molecule has 1 aromatic heterocycles. The average Bonchev–Trinajstić information content (AvgIpc) is 3.31. The van der Waals surface area contributed by atoms with E-state index in [1.807, 2.05) is 26.0 Å². The summed E-state index contributed by atoms with van der Waals surface area (Å²) in [4.78, 5) is 12.6. The maximum atomic E-state index is 12.6. The van der Waals surface area contributed by atoms with Gasteiger partial charge < -0.3 is 4.57 Å². The number of rotatable bonds is 7. The zero-order valence-corrected chi connectivity index (χ0v) is 15.3. The van der Waals surface area contributed by atoms with Crippen molar-refractivity contribution in [3.63, 3.8) is 0 Å². The molecule has 0 atom stereocenters. The van der Waals surface area contributed by atoms with Crippen LogP contribution in [0.2, 0.25) is 0 Å². The van der Waals surface area contributed by atoms with Gasteiger partial charge in [-0.05, 0) is 56.4 Å². The Morgan fingerprint density at radius 2 is 1.96 bits per heavy atom. The second-order valence-corrected chi connectivity index (χ2v) is 7.42. The quantitative estimate of drug-likeness (QED) is 0.429. The molecule has 0 spiro atoms. The molecule has 24 heavy (non-hydrogen) atoms. The number of ketones is 1. The molecule has 1 heterocycles. The van der Waals surface area contributed by atoms with Gasteiger partial charge in [0.05, 0.1) is 5.75 Å². The molecule has 4 nitrogen and oxygen atoms in total. The molecule has 5 heteroatoms. The molecule has 0 N–H and O–H groups in total. The van der Waals surface area contributed by atoms with Crippen molar-refractivity contribution in [1.29, 1.82) is 0 Å². The highest BCUT2D eigenvalue weighted by Gasteiger charge is 2.30. The zero-order chi connectivity index (χ0) is 17.3. The summed E-state index contributed by atoms with van der Waals surface area (Å²) < 4.78 is 2.09. The normalized spacial score (nSPS) is 14.0. The standard InChI is InChI=1S/C19H23N3OS/c1-5-8-22-18(15-6-7-15)20-21-19(22)24-11-17(23)16-10-13(3)12(2)9-14(16)4/h5,9-10,15H,1,6-8,11H2,2-4H3. The Balaban J connectivity index is 1.75. The highest BCUT2D eigenvalue weighted by molar-refractivity contribution is 7.99. The number of aromatic nitrogens is 3. The molecular formula is C19H23N3OS. The molecule has 1 aliphatic rings. The number of thioether (sulfide) groups is 1. The molecule has 0 aliphatic heterocycles. The minimum atomic E-state index is 0.140. The third kappa shape index (κ3) is 3.46. The first-order valence-corrected chi connectivity index (χ1v) is 9.27. The van der Waals surface area contributed by atoms with Gasteiger partial charge in [-0.25, -0.2) is 0 Å². The van der Waals surface area contributed by atoms with E-state index < -0.39 is 0 Å². The van der Waals surface area contributed by atoms with Gasteiger partial charge in [0.25, 0.3) is 0 Å². The lowest BCUT2D eigenvalue weighted by Crippen LogP contribution is -2.08. The van der Waals surface area contributed by atoms with E-state index in [0.29, 0.717) is 18.2 Å². The van der Waals surface area contributed by atoms with Gasteiger partial charge in [0.15, 0.2) is 10.9 Å². The Labute approximate surface area is 147 Å². The molecule has 2 aromatic rings. The Morgan fingerprint density at radius 1 is 1.25 bits per heavy atom. The highest BCUT2D eigenvalue weighted by Crippen LogP contribution is 2.40. The van der Waals surface area contributed by atoms with Gasteiger partial charge in [0.1, 0.15) is 5.82 Å². The summed E-state index contributed by atoms with van der Waals surface area (Å²) >= 11 is 1.47. The predicted molar refractivity (Wildman–Crippen MR) is 97.9 cm³/mol. The van der Waals surface area contributed by atoms with Crippen LogP contribution >= 0.6 is 11.8 Å². The van der Waals surface area contributed by atoms with Crippen molar-refractivity contribution in [2.24, 2.45) is 0 Å². The number of hydrogen-bond acceptors (Lipinski definition) is 4. The number of Topliss-reactive ketones (excluding diaryl/α,β-unsaturated/α-hetero) is 1. The second-order valence-electron chi connectivity index (χ2n) is 6.48. The number of hydrogen-bond donors (Lipinski definition) is 0. The Bertz CT molecular complexity index is 790. The van der Waals surface area contributed by atoms with Crippen molar-refractivity contribution in [2.75, 3.05) is 5.75 Å². The lowest BCUT2D eigenvalue weighted by atomic mass is 9.99. The van der Waals surface area contributed by atoms with Crippen LogP contribution in [0.3, 0.4) is 0 Å². The van der Waals surface area contributed by atoms with Gasteiger partial charge in [-0.1, -0.05) is 23.9 Å². The molecule has 0 saturated heterocycles. The third-order valence-electron chi connectivity index (χ3n) is 4.47. The molecule has 3 rings (SSSR count). The maximum Gasteiger partial charge on any atom is 0.191 e. The number of carbonyl (C=O) groups excluding carboxylic acids is 1. The average molecular weight is 341 g/mol. The fourth-order valence-electron chi connectivity index (χ4n) is 2.82. The summed E-state index contributed by atoms with van der Waals surface area (Å²) in [5.41, 5.74) is 4.22. The first kappa shape index (κ1) is 17.0. The van der Waals surface area contributed by atoms with Gasteiger partial charge in [0.2, 0.25) is 0 Å². The Hall–Kier alpha value is -1.88. The van der Waals surface area contributed by atoms with Crippen LogP contribution in [0.25, 0.3) is 0 Å². The third-order valence-corrected chi connectivity index (χ3v) is 5.44. The van der Waals surface area contributed by atoms with E-state index in [1.165, 1.54) is 30.2 Å². The number of allylic oxidation sites excluding steroid dienone is 1. The summed E-state index contributed by atoms with van der Waals surface area (Å²) in [5, 5.41) is 9.43. The van der Waals surface area contributed by atoms with E-state index in [-0.39, 0.29) is 5.78 Å². The molecule has 1 aliphatic carbocycles. The van der Waals surface area contributed by atoms with Crippen LogP contribution in [0.1, 0.15) is 51.6 Å². The Morgan fingerprint density at radius 3 is 2.62 bits per heavy atom. The van der Waals surface area contributed by atoms with Gasteiger partial charge >= 0.3 is 0 Å². The molecule has 1 aromatic carbocycles. The van der Waals surface area contributed by atoms with Crippen LogP contribution in [0.5, 0.6) is 0 Å². The van der Waals surface area contributed by atoms with E-state index in [9.17, 15) is 4.79 Å². The molecular weight excluding hydrogens is 318 g/mol. The van der Waals surface area contributed by atoms with Crippen molar-refractivity contribution in [3.8, 4) is 0 Å². The molecule has 1 saturated carbocycles. The van der Waals surface area contributed by atoms with Crippen LogP contribution in [-0.2, 0) is 6.54 Å². The second kappa shape index (κ2) is 6.93. The summed E-state index contributed by atoms with van der Waals surface area (Å²) in [7, 11) is 0. The maximum absolute atomic E-state index is 12.6. The van der Waals surface area contributed by atoms with Gasteiger partial charge in [-0.15, -0.1) is 16.8 Å². The number of aryl methyl sites for hydroxylation is 3. The fraction of sp³-hybridized carbons (Fsp3) is 0.421. The smallest absolute Gasteiger partial charge is 0.191 e. The topological polar surface area (TPSA) is 47.8 Å². The van der Waals surface area contributed by atoms with E-state index in [4.69, 9.17) is 0 Å². The summed E-state index contributed by atoms with van der Waals surface area (Å²) in [6.45, 7) is 10.6. The summed E-state index contributed by atoms with van der Waals surface area (Å²) in [5.74, 6) is 2.09. The monoisotopic (exact) mass is 341 g/mol. The van der Waals surface area contributed by atoms with Gasteiger partial charge in [-0.3, -0.25) is 4.79 Å². The van der Waals surface area contributed by atoms with Crippen LogP contribution < -0.4 is 0 Å². The lowest BCUT2D eigenvalue weighted by Gasteiger charge is -2.09. The van der Waals surface area contributed by atoms with Crippen LogP contribution in [-0.4, -0.2) is 26.3 Å². The van der Waals surface area contributed by atoms with E-state index in [1.54, 1.807) is 0 Å². The molecule has 0 radical (unpaired) electrons. The molecule has 0 bridgehead atoms. The number of benzene rings is 1. The molecule has 0 amide bonds.